The fraction of sp³-hybridized carbons (Fsp3) is 0.562. The number of rotatable bonds is 7. The van der Waals surface area contributed by atoms with Gasteiger partial charge in [-0.2, -0.15) is 0 Å². The molecule has 0 aromatic heterocycles. The second kappa shape index (κ2) is 39.7. The summed E-state index contributed by atoms with van der Waals surface area (Å²) in [6.45, 7) is 24.4. The number of benzene rings is 7. The molecule has 7 aromatic rings. The van der Waals surface area contributed by atoms with E-state index in [9.17, 15) is 8.78 Å². The molecule has 0 unspecified atom stereocenters. The van der Waals surface area contributed by atoms with E-state index in [2.05, 4.69) is 163 Å². The van der Waals surface area contributed by atoms with Crippen molar-refractivity contribution in [1.82, 2.24) is 37.2 Å². The van der Waals surface area contributed by atoms with Crippen molar-refractivity contribution in [1.29, 1.82) is 0 Å². The highest BCUT2D eigenvalue weighted by Gasteiger charge is 2.38. The van der Waals surface area contributed by atoms with Crippen molar-refractivity contribution in [3.05, 3.63) is 245 Å². The van der Waals surface area contributed by atoms with Crippen molar-refractivity contribution >= 4 is 0 Å². The number of hydrogen-bond donors (Lipinski definition) is 7. The van der Waals surface area contributed by atoms with Crippen molar-refractivity contribution in [2.75, 3.05) is 92.1 Å². The Labute approximate surface area is 666 Å². The van der Waals surface area contributed by atoms with Crippen LogP contribution in [0.15, 0.2) is 127 Å². The van der Waals surface area contributed by atoms with Gasteiger partial charge in [0.15, 0.2) is 0 Å². The molecule has 14 atom stereocenters. The van der Waals surface area contributed by atoms with Crippen LogP contribution in [-0.4, -0.2) is 134 Å². The van der Waals surface area contributed by atoms with Gasteiger partial charge >= 0.3 is 0 Å². The van der Waals surface area contributed by atoms with Crippen LogP contribution >= 0.6 is 0 Å². The first-order valence-electron chi connectivity index (χ1n) is 43.4. The van der Waals surface area contributed by atoms with E-state index in [0.29, 0.717) is 55.9 Å². The van der Waals surface area contributed by atoms with Gasteiger partial charge in [0.1, 0.15) is 17.7 Å². The number of ether oxygens (including phenoxy) is 7. The van der Waals surface area contributed by atoms with Gasteiger partial charge in [-0.1, -0.05) is 138 Å². The molecule has 602 valence electrons. The molecule has 0 saturated carbocycles. The van der Waals surface area contributed by atoms with Crippen LogP contribution < -0.4 is 37.2 Å². The summed E-state index contributed by atoms with van der Waals surface area (Å²) in [5.41, 5.74) is 25.1. The van der Waals surface area contributed by atoms with Gasteiger partial charge in [0.2, 0.25) is 0 Å². The molecule has 7 N–H and O–H groups in total. The molecular weight excluding hydrogens is 1400 g/mol. The summed E-state index contributed by atoms with van der Waals surface area (Å²) in [5.74, 6) is -0.195. The second-order valence-corrected chi connectivity index (χ2v) is 33.8. The van der Waals surface area contributed by atoms with Crippen molar-refractivity contribution in [2.45, 2.75) is 254 Å². The monoisotopic (exact) mass is 1530 g/mol. The number of nitrogens with one attached hydrogen (secondary N) is 7. The smallest absolute Gasteiger partial charge is 0.129 e. The normalized spacial score (nSPS) is 29.1. The summed E-state index contributed by atoms with van der Waals surface area (Å²) in [4.78, 5) is 0. The maximum atomic E-state index is 13.9. The van der Waals surface area contributed by atoms with Crippen LogP contribution in [-0.2, 0) is 78.1 Å². The highest BCUT2D eigenvalue weighted by atomic mass is 19.1. The Hall–Kier alpha value is -6.16. The van der Waals surface area contributed by atoms with Gasteiger partial charge in [-0.05, 0) is 305 Å². The number of halogens is 2. The lowest BCUT2D eigenvalue weighted by molar-refractivity contribution is 0.0172. The zero-order valence-electron chi connectivity index (χ0n) is 67.6. The van der Waals surface area contributed by atoms with E-state index in [1.165, 1.54) is 160 Å². The molecule has 0 aliphatic carbocycles. The van der Waals surface area contributed by atoms with E-state index in [-0.39, 0.29) is 60.4 Å². The molecule has 14 nitrogen and oxygen atoms in total. The van der Waals surface area contributed by atoms with E-state index in [1.807, 2.05) is 12.1 Å². The molecule has 0 radical (unpaired) electrons. The van der Waals surface area contributed by atoms with E-state index in [0.717, 1.165) is 159 Å². The maximum absolute atomic E-state index is 13.9. The molecule has 0 bridgehead atoms. The van der Waals surface area contributed by atoms with Gasteiger partial charge in [0.25, 0.3) is 0 Å². The van der Waals surface area contributed by atoms with Gasteiger partial charge in [-0.3, -0.25) is 0 Å². The first-order valence-corrected chi connectivity index (χ1v) is 43.4. The molecule has 14 aliphatic rings. The van der Waals surface area contributed by atoms with E-state index in [4.69, 9.17) is 33.2 Å². The van der Waals surface area contributed by atoms with Crippen molar-refractivity contribution in [3.63, 3.8) is 0 Å². The highest BCUT2D eigenvalue weighted by Crippen LogP contribution is 2.41. The minimum absolute atomic E-state index is 0.0435. The van der Waals surface area contributed by atoms with Crippen LogP contribution in [0.25, 0.3) is 0 Å². The Balaban J connectivity index is 0.000000103. The standard InChI is InChI=1S/5C14H19NO.2C13H16FNO/c1-10-4-2-5-11-7-9-16-14(13(10)11)12-6-3-8-15-12;1-10-4-5-12-11(9-10)6-8-16-14(12)13-3-2-7-15-13;3*1-10-4-5-11-6-8-16-14(12(11)9-10)13-3-2-7-15-13;14-11-4-1-3-10-9(11)6-8-16-13(10)12-5-2-7-15-12;14-10-4-1-3-9-6-8-16-13(12(9)10)11-5-2-7-15-11/h2,4-5,12,14-15H,3,6-9H2,1H3;4*4-5,9,13-15H,2-3,6-8H2,1H3;1,3-4,12-13,15H,2,5-8H2;1,3-4,11,13,15H,2,5-8H2/t12-,14-;4*13-,14+;12-,13+;11-,13-/m0000000/s1. The van der Waals surface area contributed by atoms with Gasteiger partial charge < -0.3 is 70.4 Å². The summed E-state index contributed by atoms with van der Waals surface area (Å²) in [5, 5.41) is 24.7. The van der Waals surface area contributed by atoms with Crippen molar-refractivity contribution in [3.8, 4) is 0 Å². The minimum atomic E-state index is -0.115. The molecule has 14 aliphatic heterocycles. The third-order valence-electron chi connectivity index (χ3n) is 25.9. The average molecular weight is 1530 g/mol. The topological polar surface area (TPSA) is 149 Å². The molecular formula is C96H127F2N7O7. The quantitative estimate of drug-likeness (QED) is 0.0812. The molecule has 16 heteroatoms. The average Bonchev–Trinajstić information content (AvgIpc) is 2.01. The van der Waals surface area contributed by atoms with E-state index in [1.54, 1.807) is 18.2 Å². The van der Waals surface area contributed by atoms with Gasteiger partial charge in [-0.25, -0.2) is 8.78 Å². The second-order valence-electron chi connectivity index (χ2n) is 33.8. The van der Waals surface area contributed by atoms with Crippen LogP contribution in [0.2, 0.25) is 0 Å². The maximum Gasteiger partial charge on any atom is 0.129 e. The summed E-state index contributed by atoms with van der Waals surface area (Å²) < 4.78 is 69.0. The van der Waals surface area contributed by atoms with Crippen molar-refractivity contribution < 1.29 is 41.9 Å². The first-order chi connectivity index (χ1) is 55.0. The van der Waals surface area contributed by atoms with Crippen LogP contribution in [0.4, 0.5) is 8.78 Å². The van der Waals surface area contributed by atoms with Crippen LogP contribution in [0, 0.1) is 46.3 Å². The predicted molar refractivity (Wildman–Crippen MR) is 443 cm³/mol. The zero-order chi connectivity index (χ0) is 76.7. The lowest BCUT2D eigenvalue weighted by atomic mass is 9.89. The zero-order valence-corrected chi connectivity index (χ0v) is 67.6. The fourth-order valence-corrected chi connectivity index (χ4v) is 20.2. The van der Waals surface area contributed by atoms with Crippen molar-refractivity contribution in [2.24, 2.45) is 0 Å². The first kappa shape index (κ1) is 81.0. The molecule has 7 aromatic carbocycles. The van der Waals surface area contributed by atoms with Gasteiger partial charge in [0, 0.05) is 47.9 Å². The lowest BCUT2D eigenvalue weighted by Gasteiger charge is -2.32. The molecule has 0 amide bonds. The molecule has 0 spiro atoms. The SMILES string of the molecule is Cc1ccc2c(c1)CCO[C@H]2[C@@H]1CCCN1.Cc1ccc2c(c1)[C@H]([C@@H]1CCCN1)OCC2.Cc1ccc2c(c1)[C@H]([C@@H]1CCCN1)OCC2.Cc1ccc2c(c1)[C@H]([C@@H]1CCCN1)OCC2.Cc1cccc2c1[C@H]([C@@H]1CCCN1)OCC2.Fc1cccc2c1CCO[C@H]2[C@@H]1CCCN1.Fc1cccc2c1[C@H]([C@@H]1CCCN1)OCC2. The third kappa shape index (κ3) is 19.9. The Morgan fingerprint density at radius 3 is 0.973 bits per heavy atom. The summed E-state index contributed by atoms with van der Waals surface area (Å²) in [7, 11) is 0. The highest BCUT2D eigenvalue weighted by molar-refractivity contribution is 5.42. The molecule has 7 saturated heterocycles. The minimum Gasteiger partial charge on any atom is -0.372 e. The molecule has 14 heterocycles. The van der Waals surface area contributed by atoms with Crippen LogP contribution in [0.5, 0.6) is 0 Å². The Morgan fingerprint density at radius 1 is 0.259 bits per heavy atom. The Bertz CT molecular complexity index is 3880. The number of aryl methyl sites for hydroxylation is 5. The Morgan fingerprint density at radius 2 is 0.562 bits per heavy atom. The van der Waals surface area contributed by atoms with Crippen LogP contribution in [0.1, 0.15) is 238 Å². The Kier molecular flexibility index (Phi) is 28.7. The van der Waals surface area contributed by atoms with E-state index < -0.39 is 0 Å². The molecule has 112 heavy (non-hydrogen) atoms. The summed E-state index contributed by atoms with van der Waals surface area (Å²) >= 11 is 0. The summed E-state index contributed by atoms with van der Waals surface area (Å²) in [6, 6.07) is 47.7. The largest absolute Gasteiger partial charge is 0.372 e. The molecule has 7 fully saturated rings. The number of fused-ring (bicyclic) bond motifs is 7. The lowest BCUT2D eigenvalue weighted by Crippen LogP contribution is -2.34. The summed E-state index contributed by atoms with van der Waals surface area (Å²) in [6.07, 6.45) is 25.5. The van der Waals surface area contributed by atoms with Crippen LogP contribution in [0.3, 0.4) is 0 Å². The predicted octanol–water partition coefficient (Wildman–Crippen LogP) is 16.2. The molecule has 21 rings (SSSR count). The van der Waals surface area contributed by atoms with E-state index >= 15 is 0 Å². The van der Waals surface area contributed by atoms with Gasteiger partial charge in [-0.15, -0.1) is 0 Å². The van der Waals surface area contributed by atoms with Gasteiger partial charge in [0.05, 0.1) is 82.9 Å². The fourth-order valence-electron chi connectivity index (χ4n) is 20.2. The third-order valence-corrected chi connectivity index (χ3v) is 25.9. The number of hydrogen-bond acceptors (Lipinski definition) is 14.